The number of carbonyl (C=O) groups excluding carboxylic acids is 1. The van der Waals surface area contributed by atoms with Crippen molar-refractivity contribution in [1.29, 1.82) is 5.26 Å². The fourth-order valence-corrected chi connectivity index (χ4v) is 3.34. The molecule has 1 aliphatic heterocycles. The summed E-state index contributed by atoms with van der Waals surface area (Å²) in [6, 6.07) is 13.8. The first-order valence-corrected chi connectivity index (χ1v) is 8.64. The lowest BCUT2D eigenvalue weighted by atomic mass is 10.1. The number of para-hydroxylation sites is 1. The number of pyridine rings is 1. The predicted molar refractivity (Wildman–Crippen MR) is 99.2 cm³/mol. The first kappa shape index (κ1) is 16.2. The van der Waals surface area contributed by atoms with Gasteiger partial charge in [-0.05, 0) is 36.8 Å². The molecule has 1 saturated heterocycles. The topological polar surface area (TPSA) is 64.6 Å². The number of aryl methyl sites for hydroxylation is 1. The molecule has 1 aromatic carbocycles. The zero-order chi connectivity index (χ0) is 18.1. The molecule has 1 fully saturated rings. The van der Waals surface area contributed by atoms with E-state index in [1.165, 1.54) is 0 Å². The first-order valence-electron chi connectivity index (χ1n) is 8.64. The maximum Gasteiger partial charge on any atom is 0.274 e. The van der Waals surface area contributed by atoms with Gasteiger partial charge < -0.3 is 14.2 Å². The Morgan fingerprint density at radius 1 is 1.15 bits per heavy atom. The summed E-state index contributed by atoms with van der Waals surface area (Å²) in [5.74, 6) is -0.0421. The standard InChI is InChI=1S/C20H19N5O/c1-15-6-7-25-14-17(22-19(25)12-15)20(26)24-10-8-23(9-11-24)18-5-3-2-4-16(18)13-21/h2-7,12,14H,8-11H2,1H3. The predicted octanol–water partition coefficient (Wildman–Crippen LogP) is 2.48. The lowest BCUT2D eigenvalue weighted by molar-refractivity contribution is 0.0741. The first-order chi connectivity index (χ1) is 12.7. The van der Waals surface area contributed by atoms with Gasteiger partial charge in [-0.25, -0.2) is 4.98 Å². The second-order valence-electron chi connectivity index (χ2n) is 6.50. The van der Waals surface area contributed by atoms with Crippen LogP contribution in [0.15, 0.2) is 48.8 Å². The summed E-state index contributed by atoms with van der Waals surface area (Å²) in [5.41, 5.74) is 3.98. The van der Waals surface area contributed by atoms with Gasteiger partial charge in [0.1, 0.15) is 17.4 Å². The molecule has 0 spiro atoms. The third-order valence-electron chi connectivity index (χ3n) is 4.77. The van der Waals surface area contributed by atoms with Crippen LogP contribution in [-0.2, 0) is 0 Å². The fourth-order valence-electron chi connectivity index (χ4n) is 3.34. The average molecular weight is 345 g/mol. The number of hydrogen-bond donors (Lipinski definition) is 0. The maximum atomic E-state index is 12.8. The van der Waals surface area contributed by atoms with E-state index in [0.29, 0.717) is 37.4 Å². The second-order valence-corrected chi connectivity index (χ2v) is 6.50. The fraction of sp³-hybridized carbons (Fsp3) is 0.250. The van der Waals surface area contributed by atoms with Crippen LogP contribution < -0.4 is 4.90 Å². The number of nitrogens with zero attached hydrogens (tertiary/aromatic N) is 5. The quantitative estimate of drug-likeness (QED) is 0.716. The molecular weight excluding hydrogens is 326 g/mol. The number of amides is 1. The Kier molecular flexibility index (Phi) is 4.05. The van der Waals surface area contributed by atoms with Gasteiger partial charge in [0.05, 0.1) is 11.3 Å². The Hall–Kier alpha value is -3.33. The molecule has 0 radical (unpaired) electrons. The van der Waals surface area contributed by atoms with Crippen molar-refractivity contribution in [2.75, 3.05) is 31.1 Å². The van der Waals surface area contributed by atoms with E-state index in [4.69, 9.17) is 0 Å². The molecule has 0 aliphatic carbocycles. The molecule has 26 heavy (non-hydrogen) atoms. The minimum Gasteiger partial charge on any atom is -0.367 e. The molecule has 3 heterocycles. The molecule has 0 N–H and O–H groups in total. The highest BCUT2D eigenvalue weighted by Crippen LogP contribution is 2.21. The molecule has 3 aromatic rings. The summed E-state index contributed by atoms with van der Waals surface area (Å²) in [6.45, 7) is 4.65. The molecule has 0 atom stereocenters. The minimum absolute atomic E-state index is 0.0421. The lowest BCUT2D eigenvalue weighted by Gasteiger charge is -2.36. The van der Waals surface area contributed by atoms with Crippen molar-refractivity contribution >= 4 is 17.2 Å². The van der Waals surface area contributed by atoms with E-state index >= 15 is 0 Å². The summed E-state index contributed by atoms with van der Waals surface area (Å²) in [6.07, 6.45) is 3.71. The van der Waals surface area contributed by atoms with E-state index in [2.05, 4.69) is 16.0 Å². The van der Waals surface area contributed by atoms with Crippen molar-refractivity contribution < 1.29 is 4.79 Å². The third-order valence-corrected chi connectivity index (χ3v) is 4.77. The van der Waals surface area contributed by atoms with Gasteiger partial charge in [0.25, 0.3) is 5.91 Å². The molecule has 1 aliphatic rings. The number of fused-ring (bicyclic) bond motifs is 1. The van der Waals surface area contributed by atoms with Crippen molar-refractivity contribution in [2.45, 2.75) is 6.92 Å². The SMILES string of the molecule is Cc1ccn2cc(C(=O)N3CCN(c4ccccc4C#N)CC3)nc2c1. The van der Waals surface area contributed by atoms with Crippen molar-refractivity contribution in [3.8, 4) is 6.07 Å². The van der Waals surface area contributed by atoms with Crippen LogP contribution in [0.1, 0.15) is 21.6 Å². The summed E-state index contributed by atoms with van der Waals surface area (Å²) < 4.78 is 1.87. The molecule has 6 heteroatoms. The highest BCUT2D eigenvalue weighted by Gasteiger charge is 2.25. The summed E-state index contributed by atoms with van der Waals surface area (Å²) in [5, 5.41) is 9.27. The maximum absolute atomic E-state index is 12.8. The largest absolute Gasteiger partial charge is 0.367 e. The van der Waals surface area contributed by atoms with Crippen LogP contribution >= 0.6 is 0 Å². The number of imidazole rings is 1. The van der Waals surface area contributed by atoms with Crippen molar-refractivity contribution in [2.24, 2.45) is 0 Å². The highest BCUT2D eigenvalue weighted by molar-refractivity contribution is 5.93. The molecule has 2 aromatic heterocycles. The molecule has 1 amide bonds. The molecule has 6 nitrogen and oxygen atoms in total. The molecule has 0 saturated carbocycles. The number of hydrogen-bond acceptors (Lipinski definition) is 4. The average Bonchev–Trinajstić information content (AvgIpc) is 3.10. The molecule has 4 rings (SSSR count). The number of benzene rings is 1. The van der Waals surface area contributed by atoms with Crippen LogP contribution in [0.25, 0.3) is 5.65 Å². The number of piperazine rings is 1. The van der Waals surface area contributed by atoms with Crippen LogP contribution in [-0.4, -0.2) is 46.4 Å². The normalized spacial score (nSPS) is 14.5. The van der Waals surface area contributed by atoms with E-state index in [0.717, 1.165) is 16.9 Å². The van der Waals surface area contributed by atoms with Gasteiger partial charge in [-0.15, -0.1) is 0 Å². The van der Waals surface area contributed by atoms with Gasteiger partial charge in [0.15, 0.2) is 0 Å². The molecule has 130 valence electrons. The second kappa shape index (κ2) is 6.52. The monoisotopic (exact) mass is 345 g/mol. The Labute approximate surface area is 151 Å². The summed E-state index contributed by atoms with van der Waals surface area (Å²) in [4.78, 5) is 21.3. The molecule has 0 unspecified atom stereocenters. The Bertz CT molecular complexity index is 1010. The zero-order valence-corrected chi connectivity index (χ0v) is 14.6. The molecule has 0 bridgehead atoms. The van der Waals surface area contributed by atoms with Gasteiger partial charge in [-0.1, -0.05) is 12.1 Å². The minimum atomic E-state index is -0.0421. The van der Waals surface area contributed by atoms with E-state index in [9.17, 15) is 10.1 Å². The van der Waals surface area contributed by atoms with Crippen molar-refractivity contribution in [1.82, 2.24) is 14.3 Å². The number of aromatic nitrogens is 2. The van der Waals surface area contributed by atoms with Crippen LogP contribution in [0.4, 0.5) is 5.69 Å². The van der Waals surface area contributed by atoms with Crippen LogP contribution in [0, 0.1) is 18.3 Å². The summed E-state index contributed by atoms with van der Waals surface area (Å²) in [7, 11) is 0. The zero-order valence-electron chi connectivity index (χ0n) is 14.6. The number of nitriles is 1. The Morgan fingerprint density at radius 3 is 2.69 bits per heavy atom. The van der Waals surface area contributed by atoms with Crippen LogP contribution in [0.5, 0.6) is 0 Å². The number of carbonyl (C=O) groups is 1. The highest BCUT2D eigenvalue weighted by atomic mass is 16.2. The van der Waals surface area contributed by atoms with Gasteiger partial charge in [0, 0.05) is 38.6 Å². The number of anilines is 1. The van der Waals surface area contributed by atoms with E-state index in [1.807, 2.05) is 58.8 Å². The van der Waals surface area contributed by atoms with Crippen LogP contribution in [0.2, 0.25) is 0 Å². The van der Waals surface area contributed by atoms with Gasteiger partial charge in [-0.2, -0.15) is 5.26 Å². The Morgan fingerprint density at radius 2 is 1.92 bits per heavy atom. The van der Waals surface area contributed by atoms with E-state index in [-0.39, 0.29) is 5.91 Å². The van der Waals surface area contributed by atoms with Gasteiger partial charge >= 0.3 is 0 Å². The third kappa shape index (κ3) is 2.88. The lowest BCUT2D eigenvalue weighted by Crippen LogP contribution is -2.49. The van der Waals surface area contributed by atoms with Gasteiger partial charge in [0.2, 0.25) is 0 Å². The van der Waals surface area contributed by atoms with Crippen molar-refractivity contribution in [3.05, 3.63) is 65.6 Å². The van der Waals surface area contributed by atoms with Crippen LogP contribution in [0.3, 0.4) is 0 Å². The van der Waals surface area contributed by atoms with E-state index < -0.39 is 0 Å². The van der Waals surface area contributed by atoms with Gasteiger partial charge in [-0.3, -0.25) is 4.79 Å². The number of rotatable bonds is 2. The smallest absolute Gasteiger partial charge is 0.274 e. The summed E-state index contributed by atoms with van der Waals surface area (Å²) >= 11 is 0. The molecular formula is C20H19N5O. The van der Waals surface area contributed by atoms with E-state index in [1.54, 1.807) is 6.20 Å². The van der Waals surface area contributed by atoms with Crippen molar-refractivity contribution in [3.63, 3.8) is 0 Å². The Balaban J connectivity index is 1.48.